The molecular weight excluding hydrogens is 159 g/mol. The van der Waals surface area contributed by atoms with Crippen molar-refractivity contribution in [3.8, 4) is 0 Å². The third-order valence-corrected chi connectivity index (χ3v) is 2.81. The van der Waals surface area contributed by atoms with E-state index in [2.05, 4.69) is 34.6 Å². The van der Waals surface area contributed by atoms with Crippen molar-refractivity contribution in [3.05, 3.63) is 28.2 Å². The van der Waals surface area contributed by atoms with Gasteiger partial charge in [0.1, 0.15) is 0 Å². The minimum atomic E-state index is 0. The maximum absolute atomic E-state index is 2.20. The van der Waals surface area contributed by atoms with Crippen LogP contribution in [0.3, 0.4) is 0 Å². The molecule has 0 aliphatic heterocycles. The molecular formula is C10H16K. The quantitative estimate of drug-likeness (QED) is 0.496. The number of rotatable bonds is 0. The molecule has 0 aromatic carbocycles. The molecule has 0 heterocycles. The fourth-order valence-electron chi connectivity index (χ4n) is 1.41. The normalized spacial score (nSPS) is 19.4. The Balaban J connectivity index is 0.000001000. The molecule has 1 radical (unpaired) electrons. The van der Waals surface area contributed by atoms with Crippen LogP contribution < -0.4 is 0 Å². The maximum atomic E-state index is 2.20. The number of allylic oxidation sites excluding steroid dienone is 4. The monoisotopic (exact) mass is 175 g/mol. The summed E-state index contributed by atoms with van der Waals surface area (Å²) in [4.78, 5) is 0. The summed E-state index contributed by atoms with van der Waals surface area (Å²) in [5, 5.41) is 0. The Hall–Kier alpha value is 1.12. The molecule has 1 aliphatic rings. The van der Waals surface area contributed by atoms with E-state index in [0.29, 0.717) is 0 Å². The van der Waals surface area contributed by atoms with Gasteiger partial charge in [0.05, 0.1) is 0 Å². The molecule has 0 atom stereocenters. The van der Waals surface area contributed by atoms with Gasteiger partial charge in [-0.3, -0.25) is 0 Å². The first-order chi connectivity index (χ1) is 4.55. The Labute approximate surface area is 113 Å². The van der Waals surface area contributed by atoms with Crippen molar-refractivity contribution < 1.29 is 0 Å². The molecule has 1 heteroatoms. The first kappa shape index (κ1) is 12.1. The van der Waals surface area contributed by atoms with Gasteiger partial charge in [0, 0.05) is 5.92 Å². The molecule has 0 aromatic rings. The van der Waals surface area contributed by atoms with Gasteiger partial charge in [-0.1, -0.05) is 18.1 Å². The van der Waals surface area contributed by atoms with E-state index in [1.54, 1.807) is 0 Å². The van der Waals surface area contributed by atoms with Gasteiger partial charge in [-0.25, -0.2) is 0 Å². The van der Waals surface area contributed by atoms with Gasteiger partial charge >= 0.3 is 51.4 Å². The van der Waals surface area contributed by atoms with Crippen molar-refractivity contribution in [1.29, 1.82) is 0 Å². The summed E-state index contributed by atoms with van der Waals surface area (Å²) in [6.45, 7) is 11.0. The van der Waals surface area contributed by atoms with E-state index in [1.165, 1.54) is 28.2 Å². The molecule has 0 fully saturated rings. The fraction of sp³-hybridized carbons (Fsp3) is 0.500. The van der Waals surface area contributed by atoms with Crippen molar-refractivity contribution in [2.75, 3.05) is 0 Å². The molecule has 0 saturated carbocycles. The van der Waals surface area contributed by atoms with Crippen LogP contribution in [0.25, 0.3) is 0 Å². The Bertz CT molecular complexity index is 197. The Morgan fingerprint density at radius 3 is 0.909 bits per heavy atom. The Kier molecular flexibility index (Phi) is 4.82. The molecule has 0 amide bonds. The predicted molar refractivity (Wildman–Crippen MR) is 52.8 cm³/mol. The number of hydrogen-bond donors (Lipinski definition) is 0. The SMILES string of the molecule is C[C]1C(C)=C(C)C(C)=C1C.[KH]. The third kappa shape index (κ3) is 2.07. The second-order valence-electron chi connectivity index (χ2n) is 3.12. The van der Waals surface area contributed by atoms with Crippen molar-refractivity contribution in [2.24, 2.45) is 0 Å². The van der Waals surface area contributed by atoms with Crippen molar-refractivity contribution in [2.45, 2.75) is 34.6 Å². The van der Waals surface area contributed by atoms with Crippen LogP contribution in [0.4, 0.5) is 0 Å². The van der Waals surface area contributed by atoms with E-state index in [0.717, 1.165) is 0 Å². The van der Waals surface area contributed by atoms with E-state index >= 15 is 0 Å². The van der Waals surface area contributed by atoms with Gasteiger partial charge in [0.15, 0.2) is 0 Å². The van der Waals surface area contributed by atoms with Crippen LogP contribution in [0.1, 0.15) is 34.6 Å². The molecule has 11 heavy (non-hydrogen) atoms. The number of hydrogen-bond acceptors (Lipinski definition) is 0. The average Bonchev–Trinajstić information content (AvgIpc) is 2.07. The van der Waals surface area contributed by atoms with Crippen LogP contribution in [-0.4, -0.2) is 51.4 Å². The van der Waals surface area contributed by atoms with E-state index in [-0.39, 0.29) is 51.4 Å². The zero-order chi connectivity index (χ0) is 7.89. The molecule has 0 spiro atoms. The summed E-state index contributed by atoms with van der Waals surface area (Å²) in [5.74, 6) is 1.47. The first-order valence-corrected chi connectivity index (χ1v) is 3.75. The van der Waals surface area contributed by atoms with Crippen LogP contribution in [0.5, 0.6) is 0 Å². The van der Waals surface area contributed by atoms with E-state index in [9.17, 15) is 0 Å². The molecule has 57 valence electrons. The van der Waals surface area contributed by atoms with Gasteiger partial charge in [-0.2, -0.15) is 0 Å². The molecule has 0 nitrogen and oxygen atoms in total. The summed E-state index contributed by atoms with van der Waals surface area (Å²) >= 11 is 0. The molecule has 0 aromatic heterocycles. The summed E-state index contributed by atoms with van der Waals surface area (Å²) < 4.78 is 0. The van der Waals surface area contributed by atoms with Crippen molar-refractivity contribution >= 4 is 51.4 Å². The third-order valence-electron chi connectivity index (χ3n) is 2.81. The summed E-state index contributed by atoms with van der Waals surface area (Å²) in [5.41, 5.74) is 5.87. The fourth-order valence-corrected chi connectivity index (χ4v) is 1.41. The average molecular weight is 175 g/mol. The predicted octanol–water partition coefficient (Wildman–Crippen LogP) is 2.62. The Morgan fingerprint density at radius 2 is 0.818 bits per heavy atom. The van der Waals surface area contributed by atoms with Gasteiger partial charge in [-0.15, -0.1) is 0 Å². The second kappa shape index (κ2) is 4.38. The zero-order valence-corrected chi connectivity index (χ0v) is 7.50. The van der Waals surface area contributed by atoms with Crippen LogP contribution in [0.2, 0.25) is 0 Å². The molecule has 0 unspecified atom stereocenters. The van der Waals surface area contributed by atoms with Crippen LogP contribution in [0, 0.1) is 5.92 Å². The van der Waals surface area contributed by atoms with Crippen LogP contribution >= 0.6 is 0 Å². The molecule has 1 rings (SSSR count). The van der Waals surface area contributed by atoms with Gasteiger partial charge < -0.3 is 0 Å². The van der Waals surface area contributed by atoms with E-state index in [4.69, 9.17) is 0 Å². The Morgan fingerprint density at radius 1 is 0.545 bits per heavy atom. The van der Waals surface area contributed by atoms with Crippen molar-refractivity contribution in [1.82, 2.24) is 0 Å². The van der Waals surface area contributed by atoms with E-state index < -0.39 is 0 Å². The second-order valence-corrected chi connectivity index (χ2v) is 3.12. The molecule has 0 bridgehead atoms. The van der Waals surface area contributed by atoms with Gasteiger partial charge in [0.25, 0.3) is 0 Å². The zero-order valence-electron chi connectivity index (χ0n) is 7.50. The standard InChI is InChI=1S/C10H15.K.H/c1-6-7(2)9(4)10(5)8(6)3;;/h1-5H3;;. The van der Waals surface area contributed by atoms with Gasteiger partial charge in [0.2, 0.25) is 0 Å². The molecule has 0 saturated heterocycles. The van der Waals surface area contributed by atoms with Crippen LogP contribution in [0.15, 0.2) is 22.3 Å². The minimum absolute atomic E-state index is 0. The van der Waals surface area contributed by atoms with Crippen LogP contribution in [-0.2, 0) is 0 Å². The summed E-state index contributed by atoms with van der Waals surface area (Å²) in [7, 11) is 0. The summed E-state index contributed by atoms with van der Waals surface area (Å²) in [6, 6.07) is 0. The van der Waals surface area contributed by atoms with E-state index in [1.807, 2.05) is 0 Å². The molecule has 1 aliphatic carbocycles. The summed E-state index contributed by atoms with van der Waals surface area (Å²) in [6.07, 6.45) is 0. The topological polar surface area (TPSA) is 0 Å². The molecule has 0 N–H and O–H groups in total. The first-order valence-electron chi connectivity index (χ1n) is 3.75. The van der Waals surface area contributed by atoms with Crippen molar-refractivity contribution in [3.63, 3.8) is 0 Å². The van der Waals surface area contributed by atoms with Gasteiger partial charge in [-0.05, 0) is 38.8 Å².